The zero-order valence-corrected chi connectivity index (χ0v) is 15.2. The summed E-state index contributed by atoms with van der Waals surface area (Å²) in [4.78, 5) is 28.7. The van der Waals surface area contributed by atoms with Crippen LogP contribution in [0.3, 0.4) is 0 Å². The molecule has 0 saturated carbocycles. The molecule has 2 amide bonds. The number of hydrogen-bond donors (Lipinski definition) is 2. The zero-order chi connectivity index (χ0) is 19.2. The number of hydrogen-bond acceptors (Lipinski definition) is 4. The lowest BCUT2D eigenvalue weighted by molar-refractivity contribution is 0.101. The molecule has 0 atom stereocenters. The molecule has 27 heavy (non-hydrogen) atoms. The minimum atomic E-state index is -0.335. The third-order valence-corrected chi connectivity index (χ3v) is 4.01. The van der Waals surface area contributed by atoms with Crippen LogP contribution < -0.4 is 15.4 Å². The van der Waals surface area contributed by atoms with Crippen molar-refractivity contribution in [1.82, 2.24) is 4.98 Å². The highest BCUT2D eigenvalue weighted by molar-refractivity contribution is 6.32. The lowest BCUT2D eigenvalue weighted by Gasteiger charge is -2.10. The first-order chi connectivity index (χ1) is 13.1. The standard InChI is InChI=1S/C20H16ClN3O3/c1-27-16-9-5-8-14(10-16)20(26)23-15-11-17(18(21)22-12-15)24-19(25)13-6-3-2-4-7-13/h2-12H,1H3,(H,23,26)(H,24,25). The number of carbonyl (C=O) groups excluding carboxylic acids is 2. The molecule has 0 saturated heterocycles. The maximum absolute atomic E-state index is 12.4. The van der Waals surface area contributed by atoms with E-state index in [1.165, 1.54) is 13.3 Å². The summed E-state index contributed by atoms with van der Waals surface area (Å²) in [6.07, 6.45) is 1.42. The van der Waals surface area contributed by atoms with E-state index < -0.39 is 0 Å². The first-order valence-corrected chi connectivity index (χ1v) is 8.42. The van der Waals surface area contributed by atoms with Crippen LogP contribution in [0.15, 0.2) is 66.9 Å². The number of pyridine rings is 1. The molecule has 3 aromatic rings. The quantitative estimate of drug-likeness (QED) is 0.647. The van der Waals surface area contributed by atoms with Crippen molar-refractivity contribution in [2.24, 2.45) is 0 Å². The number of aromatic nitrogens is 1. The molecule has 0 bridgehead atoms. The number of amides is 2. The highest BCUT2D eigenvalue weighted by atomic mass is 35.5. The Morgan fingerprint density at radius 2 is 1.63 bits per heavy atom. The number of methoxy groups -OCH3 is 1. The van der Waals surface area contributed by atoms with Gasteiger partial charge in [-0.2, -0.15) is 0 Å². The largest absolute Gasteiger partial charge is 0.497 e. The van der Waals surface area contributed by atoms with Gasteiger partial charge >= 0.3 is 0 Å². The van der Waals surface area contributed by atoms with Gasteiger partial charge in [-0.3, -0.25) is 9.59 Å². The fourth-order valence-electron chi connectivity index (χ4n) is 2.36. The van der Waals surface area contributed by atoms with Crippen LogP contribution in [0.5, 0.6) is 5.75 Å². The Bertz CT molecular complexity index is 977. The summed E-state index contributed by atoms with van der Waals surface area (Å²) in [5, 5.41) is 5.54. The highest BCUT2D eigenvalue weighted by Crippen LogP contribution is 2.24. The van der Waals surface area contributed by atoms with E-state index in [0.29, 0.717) is 28.3 Å². The molecule has 0 unspecified atom stereocenters. The zero-order valence-electron chi connectivity index (χ0n) is 14.4. The van der Waals surface area contributed by atoms with Gasteiger partial charge in [0.15, 0.2) is 5.15 Å². The van der Waals surface area contributed by atoms with Gasteiger partial charge < -0.3 is 15.4 Å². The molecule has 0 radical (unpaired) electrons. The van der Waals surface area contributed by atoms with Gasteiger partial charge in [0.05, 0.1) is 24.7 Å². The maximum atomic E-state index is 12.4. The van der Waals surface area contributed by atoms with Crippen molar-refractivity contribution >= 4 is 34.8 Å². The highest BCUT2D eigenvalue weighted by Gasteiger charge is 2.12. The van der Waals surface area contributed by atoms with E-state index in [1.807, 2.05) is 6.07 Å². The van der Waals surface area contributed by atoms with Crippen LogP contribution >= 0.6 is 11.6 Å². The van der Waals surface area contributed by atoms with E-state index in [1.54, 1.807) is 54.6 Å². The van der Waals surface area contributed by atoms with Crippen molar-refractivity contribution in [3.05, 3.63) is 83.1 Å². The Morgan fingerprint density at radius 1 is 0.926 bits per heavy atom. The van der Waals surface area contributed by atoms with E-state index in [9.17, 15) is 9.59 Å². The molecule has 0 spiro atoms. The van der Waals surface area contributed by atoms with Gasteiger partial charge in [0.2, 0.25) is 0 Å². The smallest absolute Gasteiger partial charge is 0.255 e. The number of carbonyl (C=O) groups is 2. The van der Waals surface area contributed by atoms with Crippen molar-refractivity contribution in [3.8, 4) is 5.75 Å². The van der Waals surface area contributed by atoms with Gasteiger partial charge in [-0.05, 0) is 36.4 Å². The summed E-state index contributed by atoms with van der Waals surface area (Å²) in [6, 6.07) is 17.0. The molecule has 0 fully saturated rings. The second kappa shape index (κ2) is 8.33. The Labute approximate surface area is 161 Å². The molecule has 2 aromatic carbocycles. The predicted octanol–water partition coefficient (Wildman–Crippen LogP) is 4.25. The molecule has 0 aliphatic rings. The monoisotopic (exact) mass is 381 g/mol. The first kappa shape index (κ1) is 18.4. The third-order valence-electron chi connectivity index (χ3n) is 3.71. The third kappa shape index (κ3) is 4.62. The molecule has 0 aliphatic carbocycles. The van der Waals surface area contributed by atoms with Crippen LogP contribution in [0.1, 0.15) is 20.7 Å². The molecular weight excluding hydrogens is 366 g/mol. The van der Waals surface area contributed by atoms with Crippen LogP contribution in [-0.2, 0) is 0 Å². The number of nitrogens with zero attached hydrogens (tertiary/aromatic N) is 1. The summed E-state index contributed by atoms with van der Waals surface area (Å²) in [7, 11) is 1.53. The van der Waals surface area contributed by atoms with Crippen molar-refractivity contribution < 1.29 is 14.3 Å². The molecular formula is C20H16ClN3O3. The lowest BCUT2D eigenvalue weighted by Crippen LogP contribution is -2.15. The number of benzene rings is 2. The van der Waals surface area contributed by atoms with Gasteiger partial charge in [0.25, 0.3) is 11.8 Å². The second-order valence-corrected chi connectivity index (χ2v) is 5.93. The van der Waals surface area contributed by atoms with E-state index in [-0.39, 0.29) is 17.0 Å². The molecule has 7 heteroatoms. The van der Waals surface area contributed by atoms with Crippen molar-refractivity contribution in [2.45, 2.75) is 0 Å². The van der Waals surface area contributed by atoms with Crippen molar-refractivity contribution in [1.29, 1.82) is 0 Å². The van der Waals surface area contributed by atoms with Gasteiger partial charge in [0.1, 0.15) is 5.75 Å². The first-order valence-electron chi connectivity index (χ1n) is 8.04. The van der Waals surface area contributed by atoms with E-state index in [4.69, 9.17) is 16.3 Å². The minimum absolute atomic E-state index is 0.124. The number of nitrogens with one attached hydrogen (secondary N) is 2. The van der Waals surface area contributed by atoms with Crippen molar-refractivity contribution in [3.63, 3.8) is 0 Å². The van der Waals surface area contributed by atoms with Crippen molar-refractivity contribution in [2.75, 3.05) is 17.7 Å². The molecule has 136 valence electrons. The number of rotatable bonds is 5. The van der Waals surface area contributed by atoms with Gasteiger partial charge in [-0.15, -0.1) is 0 Å². The van der Waals surface area contributed by atoms with Crippen LogP contribution in [-0.4, -0.2) is 23.9 Å². The average molecular weight is 382 g/mol. The van der Waals surface area contributed by atoms with E-state index in [2.05, 4.69) is 15.6 Å². The Balaban J connectivity index is 1.76. The summed E-state index contributed by atoms with van der Waals surface area (Å²) >= 11 is 6.07. The average Bonchev–Trinajstić information content (AvgIpc) is 2.71. The molecule has 1 aromatic heterocycles. The second-order valence-electron chi connectivity index (χ2n) is 5.57. The molecule has 0 aliphatic heterocycles. The minimum Gasteiger partial charge on any atom is -0.497 e. The SMILES string of the molecule is COc1cccc(C(=O)Nc2cnc(Cl)c(NC(=O)c3ccccc3)c2)c1. The fourth-order valence-corrected chi connectivity index (χ4v) is 2.51. The Hall–Kier alpha value is -3.38. The van der Waals surface area contributed by atoms with E-state index >= 15 is 0 Å². The summed E-state index contributed by atoms with van der Waals surface area (Å²) in [5.74, 6) is -0.0818. The molecule has 6 nitrogen and oxygen atoms in total. The Morgan fingerprint density at radius 3 is 2.37 bits per heavy atom. The van der Waals surface area contributed by atoms with Crippen LogP contribution in [0.2, 0.25) is 5.15 Å². The van der Waals surface area contributed by atoms with Gasteiger partial charge in [-0.25, -0.2) is 4.98 Å². The topological polar surface area (TPSA) is 80.3 Å². The lowest BCUT2D eigenvalue weighted by atomic mass is 10.2. The summed E-state index contributed by atoms with van der Waals surface area (Å²) in [6.45, 7) is 0. The summed E-state index contributed by atoms with van der Waals surface area (Å²) < 4.78 is 5.12. The molecule has 3 rings (SSSR count). The number of anilines is 2. The molecule has 1 heterocycles. The Kier molecular flexibility index (Phi) is 5.68. The molecule has 2 N–H and O–H groups in total. The summed E-state index contributed by atoms with van der Waals surface area (Å²) in [5.41, 5.74) is 1.61. The van der Waals surface area contributed by atoms with Gasteiger partial charge in [-0.1, -0.05) is 35.9 Å². The maximum Gasteiger partial charge on any atom is 0.255 e. The van der Waals surface area contributed by atoms with Crippen LogP contribution in [0, 0.1) is 0 Å². The number of halogens is 1. The normalized spacial score (nSPS) is 10.1. The van der Waals surface area contributed by atoms with Crippen LogP contribution in [0.25, 0.3) is 0 Å². The number of ether oxygens (including phenoxy) is 1. The van der Waals surface area contributed by atoms with Gasteiger partial charge in [0, 0.05) is 11.1 Å². The van der Waals surface area contributed by atoms with Crippen LogP contribution in [0.4, 0.5) is 11.4 Å². The predicted molar refractivity (Wildman–Crippen MR) is 105 cm³/mol. The fraction of sp³-hybridized carbons (Fsp3) is 0.0500. The van der Waals surface area contributed by atoms with E-state index in [0.717, 1.165) is 0 Å².